The number of carbonyl (C=O) groups excluding carboxylic acids is 2. The highest BCUT2D eigenvalue weighted by Crippen LogP contribution is 2.31. The van der Waals surface area contributed by atoms with Crippen molar-refractivity contribution in [2.75, 3.05) is 25.0 Å². The first-order valence-corrected chi connectivity index (χ1v) is 9.67. The maximum Gasteiger partial charge on any atom is 0.330 e. The van der Waals surface area contributed by atoms with Crippen LogP contribution in [-0.4, -0.2) is 41.0 Å². The molecule has 1 amide bonds. The van der Waals surface area contributed by atoms with Gasteiger partial charge in [-0.3, -0.25) is 9.69 Å². The van der Waals surface area contributed by atoms with Crippen LogP contribution in [0.3, 0.4) is 0 Å². The molecular formula is C22H27N3O3. The first-order chi connectivity index (χ1) is 13.6. The summed E-state index contributed by atoms with van der Waals surface area (Å²) in [4.78, 5) is 26.1. The second-order valence-electron chi connectivity index (χ2n) is 6.93. The first-order valence-electron chi connectivity index (χ1n) is 9.67. The number of ether oxygens (including phenoxy) is 1. The van der Waals surface area contributed by atoms with Gasteiger partial charge in [0.15, 0.2) is 0 Å². The van der Waals surface area contributed by atoms with E-state index in [9.17, 15) is 9.59 Å². The van der Waals surface area contributed by atoms with Gasteiger partial charge in [-0.25, -0.2) is 4.79 Å². The topological polar surface area (TPSA) is 63.6 Å². The van der Waals surface area contributed by atoms with Gasteiger partial charge in [0, 0.05) is 30.7 Å². The Morgan fingerprint density at radius 1 is 1.25 bits per heavy atom. The summed E-state index contributed by atoms with van der Waals surface area (Å²) in [6.45, 7) is 3.44. The number of anilines is 1. The van der Waals surface area contributed by atoms with Crippen molar-refractivity contribution in [3.63, 3.8) is 0 Å². The summed E-state index contributed by atoms with van der Waals surface area (Å²) in [6, 6.07) is 11.8. The molecule has 148 valence electrons. The molecule has 1 N–H and O–H groups in total. The number of hydrogen-bond donors (Lipinski definition) is 1. The van der Waals surface area contributed by atoms with Crippen LogP contribution in [0.2, 0.25) is 0 Å². The molecule has 2 heterocycles. The Morgan fingerprint density at radius 2 is 2.04 bits per heavy atom. The molecule has 3 rings (SSSR count). The Kier molecular flexibility index (Phi) is 6.66. The van der Waals surface area contributed by atoms with Crippen molar-refractivity contribution in [3.05, 3.63) is 59.9 Å². The van der Waals surface area contributed by atoms with Crippen LogP contribution in [0.4, 0.5) is 5.69 Å². The van der Waals surface area contributed by atoms with Crippen LogP contribution in [0, 0.1) is 0 Å². The standard InChI is InChI=1S/C22H27N3O3/c1-3-28-22(27)13-10-17-8-11-18(12-9-17)23-21(26)16-25-15-5-7-20(25)19-6-4-14-24(19)2/h4,6,8-14,20H,3,5,7,15-16H2,1-2H3,(H,23,26). The summed E-state index contributed by atoms with van der Waals surface area (Å²) < 4.78 is 6.99. The molecule has 0 spiro atoms. The van der Waals surface area contributed by atoms with Gasteiger partial charge in [-0.2, -0.15) is 0 Å². The average Bonchev–Trinajstić information content (AvgIpc) is 3.29. The predicted molar refractivity (Wildman–Crippen MR) is 110 cm³/mol. The molecule has 1 saturated heterocycles. The molecule has 28 heavy (non-hydrogen) atoms. The number of aromatic nitrogens is 1. The van der Waals surface area contributed by atoms with Gasteiger partial charge in [-0.1, -0.05) is 12.1 Å². The largest absolute Gasteiger partial charge is 0.463 e. The highest BCUT2D eigenvalue weighted by molar-refractivity contribution is 5.92. The summed E-state index contributed by atoms with van der Waals surface area (Å²) in [7, 11) is 2.05. The SMILES string of the molecule is CCOC(=O)C=Cc1ccc(NC(=O)CN2CCCC2c2cccn2C)cc1. The third-order valence-corrected chi connectivity index (χ3v) is 4.93. The van der Waals surface area contributed by atoms with Gasteiger partial charge in [0.25, 0.3) is 0 Å². The van der Waals surface area contributed by atoms with Crippen molar-refractivity contribution in [3.8, 4) is 0 Å². The average molecular weight is 381 g/mol. The van der Waals surface area contributed by atoms with Crippen LogP contribution >= 0.6 is 0 Å². The van der Waals surface area contributed by atoms with Gasteiger partial charge in [0.1, 0.15) is 0 Å². The zero-order chi connectivity index (χ0) is 19.9. The normalized spacial score (nSPS) is 17.1. The number of benzene rings is 1. The molecule has 1 aromatic carbocycles. The smallest absolute Gasteiger partial charge is 0.330 e. The molecule has 0 radical (unpaired) electrons. The number of hydrogen-bond acceptors (Lipinski definition) is 4. The summed E-state index contributed by atoms with van der Waals surface area (Å²) in [5.41, 5.74) is 2.87. The molecule has 0 aliphatic carbocycles. The van der Waals surface area contributed by atoms with Gasteiger partial charge in [-0.15, -0.1) is 0 Å². The molecule has 1 atom stereocenters. The minimum Gasteiger partial charge on any atom is -0.463 e. The Hall–Kier alpha value is -2.86. The molecule has 1 unspecified atom stereocenters. The number of amides is 1. The molecule has 0 bridgehead atoms. The second-order valence-corrected chi connectivity index (χ2v) is 6.93. The van der Waals surface area contributed by atoms with E-state index in [-0.39, 0.29) is 11.9 Å². The van der Waals surface area contributed by atoms with E-state index in [0.717, 1.165) is 30.6 Å². The summed E-state index contributed by atoms with van der Waals surface area (Å²) in [5.74, 6) is -0.380. The quantitative estimate of drug-likeness (QED) is 0.590. The maximum atomic E-state index is 12.5. The first kappa shape index (κ1) is 19.9. The van der Waals surface area contributed by atoms with Crippen molar-refractivity contribution in [2.24, 2.45) is 7.05 Å². The van der Waals surface area contributed by atoms with Gasteiger partial charge in [0.2, 0.25) is 5.91 Å². The van der Waals surface area contributed by atoms with Crippen molar-refractivity contribution in [2.45, 2.75) is 25.8 Å². The Morgan fingerprint density at radius 3 is 2.71 bits per heavy atom. The number of carbonyl (C=O) groups is 2. The van der Waals surface area contributed by atoms with E-state index >= 15 is 0 Å². The zero-order valence-corrected chi connectivity index (χ0v) is 16.4. The molecule has 6 nitrogen and oxygen atoms in total. The van der Waals surface area contributed by atoms with Crippen LogP contribution in [0.5, 0.6) is 0 Å². The van der Waals surface area contributed by atoms with E-state index < -0.39 is 0 Å². The molecule has 1 aliphatic rings. The molecule has 0 saturated carbocycles. The molecule has 1 fully saturated rings. The van der Waals surface area contributed by atoms with Gasteiger partial charge in [0.05, 0.1) is 19.2 Å². The van der Waals surface area contributed by atoms with Crippen LogP contribution in [0.25, 0.3) is 6.08 Å². The minimum absolute atomic E-state index is 0.0177. The fourth-order valence-corrected chi connectivity index (χ4v) is 3.59. The van der Waals surface area contributed by atoms with Crippen molar-refractivity contribution in [1.29, 1.82) is 0 Å². The lowest BCUT2D eigenvalue weighted by molar-refractivity contribution is -0.137. The maximum absolute atomic E-state index is 12.5. The van der Waals surface area contributed by atoms with Crippen LogP contribution < -0.4 is 5.32 Å². The van der Waals surface area contributed by atoms with E-state index in [2.05, 4.69) is 20.9 Å². The molecular weight excluding hydrogens is 354 g/mol. The highest BCUT2D eigenvalue weighted by Gasteiger charge is 2.28. The third-order valence-electron chi connectivity index (χ3n) is 4.93. The van der Waals surface area contributed by atoms with Gasteiger partial charge >= 0.3 is 5.97 Å². The van der Waals surface area contributed by atoms with E-state index in [1.807, 2.05) is 43.6 Å². The molecule has 6 heteroatoms. The van der Waals surface area contributed by atoms with Crippen LogP contribution in [0.1, 0.15) is 37.1 Å². The van der Waals surface area contributed by atoms with Crippen molar-refractivity contribution >= 4 is 23.6 Å². The highest BCUT2D eigenvalue weighted by atomic mass is 16.5. The second kappa shape index (κ2) is 9.37. The van der Waals surface area contributed by atoms with Crippen LogP contribution in [0.15, 0.2) is 48.7 Å². The zero-order valence-electron chi connectivity index (χ0n) is 16.4. The Labute approximate surface area is 165 Å². The van der Waals surface area contributed by atoms with E-state index in [1.54, 1.807) is 13.0 Å². The predicted octanol–water partition coefficient (Wildman–Crippen LogP) is 3.38. The monoisotopic (exact) mass is 381 g/mol. The fraction of sp³-hybridized carbons (Fsp3) is 0.364. The van der Waals surface area contributed by atoms with Gasteiger partial charge in [-0.05, 0) is 62.2 Å². The van der Waals surface area contributed by atoms with Crippen LogP contribution in [-0.2, 0) is 21.4 Å². The number of nitrogens with zero attached hydrogens (tertiary/aromatic N) is 2. The Bertz CT molecular complexity index is 839. The number of likely N-dealkylation sites (tertiary alicyclic amines) is 1. The van der Waals surface area contributed by atoms with Crippen molar-refractivity contribution in [1.82, 2.24) is 9.47 Å². The minimum atomic E-state index is -0.363. The number of nitrogens with one attached hydrogen (secondary N) is 1. The lowest BCUT2D eigenvalue weighted by atomic mass is 10.1. The number of rotatable bonds is 7. The number of esters is 1. The van der Waals surface area contributed by atoms with E-state index in [4.69, 9.17) is 4.74 Å². The molecule has 1 aromatic heterocycles. The van der Waals surface area contributed by atoms with Crippen molar-refractivity contribution < 1.29 is 14.3 Å². The lowest BCUT2D eigenvalue weighted by Crippen LogP contribution is -2.33. The molecule has 1 aliphatic heterocycles. The van der Waals surface area contributed by atoms with E-state index in [1.165, 1.54) is 11.8 Å². The fourth-order valence-electron chi connectivity index (χ4n) is 3.59. The summed E-state index contributed by atoms with van der Waals surface area (Å²) in [6.07, 6.45) is 7.31. The van der Waals surface area contributed by atoms with E-state index in [0.29, 0.717) is 19.2 Å². The molecule has 2 aromatic rings. The van der Waals surface area contributed by atoms with Gasteiger partial charge < -0.3 is 14.6 Å². The lowest BCUT2D eigenvalue weighted by Gasteiger charge is -2.24. The number of aryl methyl sites for hydroxylation is 1. The Balaban J connectivity index is 1.54. The summed E-state index contributed by atoms with van der Waals surface area (Å²) in [5, 5.41) is 2.96. The third kappa shape index (κ3) is 5.10. The summed E-state index contributed by atoms with van der Waals surface area (Å²) >= 11 is 0.